The molecule has 0 saturated carbocycles. The Morgan fingerprint density at radius 1 is 0.900 bits per heavy atom. The summed E-state index contributed by atoms with van der Waals surface area (Å²) < 4.78 is 0. The minimum Gasteiger partial charge on any atom is -0.480 e. The molecule has 12 heteroatoms. The molecule has 6 unspecified atom stereocenters. The van der Waals surface area contributed by atoms with Gasteiger partial charge in [-0.1, -0.05) is 20.3 Å². The van der Waals surface area contributed by atoms with E-state index in [4.69, 9.17) is 11.5 Å². The van der Waals surface area contributed by atoms with Crippen LogP contribution in [0.5, 0.6) is 0 Å². The maximum Gasteiger partial charge on any atom is 0.326 e. The number of rotatable bonds is 13. The third-order valence-corrected chi connectivity index (χ3v) is 4.56. The van der Waals surface area contributed by atoms with E-state index >= 15 is 0 Å². The third-order valence-electron chi connectivity index (χ3n) is 4.56. The highest BCUT2D eigenvalue weighted by Gasteiger charge is 2.34. The summed E-state index contributed by atoms with van der Waals surface area (Å²) in [5.41, 5.74) is 10.5. The van der Waals surface area contributed by atoms with Gasteiger partial charge in [-0.3, -0.25) is 19.2 Å². The molecule has 0 aliphatic rings. The van der Waals surface area contributed by atoms with Crippen LogP contribution in [0.3, 0.4) is 0 Å². The molecule has 0 aromatic rings. The van der Waals surface area contributed by atoms with Crippen molar-refractivity contribution in [2.24, 2.45) is 17.4 Å². The van der Waals surface area contributed by atoms with Crippen LogP contribution in [-0.2, 0) is 24.0 Å². The summed E-state index contributed by atoms with van der Waals surface area (Å²) in [5.74, 6) is -4.71. The van der Waals surface area contributed by atoms with Crippen molar-refractivity contribution in [3.63, 3.8) is 0 Å². The van der Waals surface area contributed by atoms with E-state index in [-0.39, 0.29) is 18.8 Å². The van der Waals surface area contributed by atoms with Gasteiger partial charge in [0.2, 0.25) is 23.6 Å². The van der Waals surface area contributed by atoms with Gasteiger partial charge in [0.05, 0.1) is 12.1 Å². The number of nitrogens with two attached hydrogens (primary N) is 2. The summed E-state index contributed by atoms with van der Waals surface area (Å²) >= 11 is 0. The first kappa shape index (κ1) is 27.3. The summed E-state index contributed by atoms with van der Waals surface area (Å²) in [6.45, 7) is 6.21. The predicted octanol–water partition coefficient (Wildman–Crippen LogP) is -2.43. The zero-order valence-electron chi connectivity index (χ0n) is 17.7. The van der Waals surface area contributed by atoms with E-state index in [0.29, 0.717) is 6.42 Å². The lowest BCUT2D eigenvalue weighted by Gasteiger charge is -2.28. The fourth-order valence-electron chi connectivity index (χ4n) is 2.44. The van der Waals surface area contributed by atoms with Crippen molar-refractivity contribution in [1.29, 1.82) is 0 Å². The van der Waals surface area contributed by atoms with Crippen LogP contribution in [0.15, 0.2) is 0 Å². The highest BCUT2D eigenvalue weighted by atomic mass is 16.4. The van der Waals surface area contributed by atoms with Crippen LogP contribution in [0, 0.1) is 5.92 Å². The monoisotopic (exact) mass is 431 g/mol. The highest BCUT2D eigenvalue weighted by Crippen LogP contribution is 2.10. The zero-order chi connectivity index (χ0) is 23.6. The molecule has 0 heterocycles. The number of aliphatic hydroxyl groups is 1. The molecule has 0 saturated heterocycles. The second-order valence-corrected chi connectivity index (χ2v) is 7.29. The molecule has 0 radical (unpaired) electrons. The maximum absolute atomic E-state index is 12.7. The van der Waals surface area contributed by atoms with E-state index in [2.05, 4.69) is 16.0 Å². The predicted molar refractivity (Wildman–Crippen MR) is 107 cm³/mol. The summed E-state index contributed by atoms with van der Waals surface area (Å²) in [4.78, 5) is 59.3. The number of carbonyl (C=O) groups excluding carboxylic acids is 4. The van der Waals surface area contributed by atoms with Crippen LogP contribution in [-0.4, -0.2) is 70.1 Å². The van der Waals surface area contributed by atoms with Crippen LogP contribution in [0.4, 0.5) is 0 Å². The first-order chi connectivity index (χ1) is 13.8. The fraction of sp³-hybridized carbons (Fsp3) is 0.722. The number of carbonyl (C=O) groups is 5. The largest absolute Gasteiger partial charge is 0.480 e. The molecule has 30 heavy (non-hydrogen) atoms. The second kappa shape index (κ2) is 12.8. The number of hydrogen-bond acceptors (Lipinski definition) is 7. The number of hydrogen-bond donors (Lipinski definition) is 7. The van der Waals surface area contributed by atoms with Crippen LogP contribution >= 0.6 is 0 Å². The summed E-state index contributed by atoms with van der Waals surface area (Å²) in [5, 5.41) is 26.2. The van der Waals surface area contributed by atoms with Gasteiger partial charge in [-0.2, -0.15) is 0 Å². The summed E-state index contributed by atoms with van der Waals surface area (Å²) in [6.07, 6.45) is -1.38. The number of carboxylic acids is 1. The molecule has 0 aliphatic carbocycles. The Hall–Kier alpha value is -2.73. The number of primary amides is 1. The molecule has 9 N–H and O–H groups in total. The highest BCUT2D eigenvalue weighted by molar-refractivity contribution is 5.94. The summed E-state index contributed by atoms with van der Waals surface area (Å²) in [7, 11) is 0. The van der Waals surface area contributed by atoms with E-state index in [0.717, 1.165) is 0 Å². The Morgan fingerprint density at radius 2 is 1.40 bits per heavy atom. The SMILES string of the molecule is CCC(C)C(NC(=O)C(C)N)C(=O)NC(C(=O)NC(CCC(N)=O)C(=O)O)C(C)O. The lowest BCUT2D eigenvalue weighted by molar-refractivity contribution is -0.143. The molecule has 12 nitrogen and oxygen atoms in total. The zero-order valence-corrected chi connectivity index (χ0v) is 17.7. The smallest absolute Gasteiger partial charge is 0.326 e. The van der Waals surface area contributed by atoms with Crippen molar-refractivity contribution in [1.82, 2.24) is 16.0 Å². The number of aliphatic carboxylic acids is 1. The molecule has 0 bridgehead atoms. The number of amides is 4. The number of nitrogens with one attached hydrogen (secondary N) is 3. The van der Waals surface area contributed by atoms with E-state index in [1.165, 1.54) is 13.8 Å². The molecule has 172 valence electrons. The molecular formula is C18H33N5O7. The average Bonchev–Trinajstić information content (AvgIpc) is 2.65. The standard InChI is InChI=1S/C18H33N5O7/c1-5-8(2)13(22-15(26)9(3)19)16(27)23-14(10(4)24)17(28)21-11(18(29)30)6-7-12(20)25/h8-11,13-14,24H,5-7,19H2,1-4H3,(H2,20,25)(H,21,28)(H,22,26)(H,23,27)(H,29,30). The topological polar surface area (TPSA) is 214 Å². The van der Waals surface area contributed by atoms with Gasteiger partial charge < -0.3 is 37.6 Å². The van der Waals surface area contributed by atoms with Crippen LogP contribution in [0.1, 0.15) is 47.0 Å². The fourth-order valence-corrected chi connectivity index (χ4v) is 2.44. The Balaban J connectivity index is 5.39. The molecule has 6 atom stereocenters. The Bertz CT molecular complexity index is 638. The van der Waals surface area contributed by atoms with E-state index in [9.17, 15) is 34.2 Å². The van der Waals surface area contributed by atoms with Gasteiger partial charge >= 0.3 is 5.97 Å². The molecule has 4 amide bonds. The molecule has 0 spiro atoms. The van der Waals surface area contributed by atoms with Gasteiger partial charge in [0.25, 0.3) is 0 Å². The third kappa shape index (κ3) is 9.18. The molecular weight excluding hydrogens is 398 g/mol. The van der Waals surface area contributed by atoms with E-state index in [1.807, 2.05) is 0 Å². The molecule has 0 fully saturated rings. The minimum absolute atomic E-state index is 0.253. The van der Waals surface area contributed by atoms with Gasteiger partial charge in [0.15, 0.2) is 0 Å². The average molecular weight is 431 g/mol. The number of aliphatic hydroxyl groups excluding tert-OH is 1. The first-order valence-electron chi connectivity index (χ1n) is 9.67. The summed E-state index contributed by atoms with van der Waals surface area (Å²) in [6, 6.07) is -4.81. The van der Waals surface area contributed by atoms with Gasteiger partial charge in [-0.25, -0.2) is 4.79 Å². The van der Waals surface area contributed by atoms with Crippen molar-refractivity contribution in [2.75, 3.05) is 0 Å². The molecule has 0 aromatic carbocycles. The van der Waals surface area contributed by atoms with Crippen molar-refractivity contribution in [3.8, 4) is 0 Å². The number of carboxylic acid groups (broad SMARTS) is 1. The second-order valence-electron chi connectivity index (χ2n) is 7.29. The van der Waals surface area contributed by atoms with Gasteiger partial charge in [-0.15, -0.1) is 0 Å². The normalized spacial score (nSPS) is 16.9. The van der Waals surface area contributed by atoms with Crippen molar-refractivity contribution in [3.05, 3.63) is 0 Å². The quantitative estimate of drug-likeness (QED) is 0.166. The minimum atomic E-state index is -1.49. The Labute approximate surface area is 175 Å². The Kier molecular flexibility index (Phi) is 11.6. The van der Waals surface area contributed by atoms with Gasteiger partial charge in [0, 0.05) is 6.42 Å². The van der Waals surface area contributed by atoms with E-state index in [1.54, 1.807) is 13.8 Å². The maximum atomic E-state index is 12.7. The van der Waals surface area contributed by atoms with Crippen LogP contribution in [0.2, 0.25) is 0 Å². The molecule has 0 rings (SSSR count). The van der Waals surface area contributed by atoms with Crippen molar-refractivity contribution >= 4 is 29.6 Å². The molecule has 0 aliphatic heterocycles. The Morgan fingerprint density at radius 3 is 1.80 bits per heavy atom. The van der Waals surface area contributed by atoms with Crippen molar-refractivity contribution in [2.45, 2.75) is 77.2 Å². The van der Waals surface area contributed by atoms with E-state index < -0.39 is 59.9 Å². The van der Waals surface area contributed by atoms with Gasteiger partial charge in [0.1, 0.15) is 18.1 Å². The lowest BCUT2D eigenvalue weighted by atomic mass is 9.97. The lowest BCUT2D eigenvalue weighted by Crippen LogP contribution is -2.60. The van der Waals surface area contributed by atoms with Gasteiger partial charge in [-0.05, 0) is 26.2 Å². The van der Waals surface area contributed by atoms with Crippen molar-refractivity contribution < 1.29 is 34.2 Å². The molecule has 0 aromatic heterocycles. The van der Waals surface area contributed by atoms with Crippen LogP contribution in [0.25, 0.3) is 0 Å². The first-order valence-corrected chi connectivity index (χ1v) is 9.67. The van der Waals surface area contributed by atoms with Crippen LogP contribution < -0.4 is 27.4 Å².